The Labute approximate surface area is 97.8 Å². The van der Waals surface area contributed by atoms with Crippen molar-refractivity contribution in [3.8, 4) is 0 Å². The van der Waals surface area contributed by atoms with E-state index in [1.165, 1.54) is 12.8 Å². The number of rotatable bonds is 5. The molecular weight excluding hydrogens is 180 g/mol. The molecule has 0 saturated heterocycles. The van der Waals surface area contributed by atoms with Crippen LogP contribution in [-0.2, 0) is 0 Å². The highest BCUT2D eigenvalue weighted by molar-refractivity contribution is 4.97. The molecule has 0 fully saturated rings. The van der Waals surface area contributed by atoms with Crippen LogP contribution in [0.15, 0.2) is 0 Å². The number of hydrogen-bond acceptors (Lipinski definition) is 0. The van der Waals surface area contributed by atoms with E-state index in [1.807, 2.05) is 0 Å². The van der Waals surface area contributed by atoms with Crippen molar-refractivity contribution in [3.63, 3.8) is 0 Å². The molecule has 0 heterocycles. The first-order valence-electron chi connectivity index (χ1n) is 6.54. The molecule has 0 heteroatoms. The van der Waals surface area contributed by atoms with Gasteiger partial charge in [0.05, 0.1) is 0 Å². The van der Waals surface area contributed by atoms with E-state index in [0.29, 0.717) is 16.2 Å². The van der Waals surface area contributed by atoms with Crippen molar-refractivity contribution in [1.82, 2.24) is 0 Å². The molecule has 0 aromatic heterocycles. The Morgan fingerprint density at radius 1 is 0.867 bits per heavy atom. The summed E-state index contributed by atoms with van der Waals surface area (Å²) in [6, 6.07) is 0. The Hall–Kier alpha value is 0. The zero-order chi connectivity index (χ0) is 12.5. The van der Waals surface area contributed by atoms with Crippen molar-refractivity contribution in [2.75, 3.05) is 0 Å². The van der Waals surface area contributed by atoms with Crippen molar-refractivity contribution in [3.05, 3.63) is 0 Å². The zero-order valence-corrected chi connectivity index (χ0v) is 12.5. The van der Waals surface area contributed by atoms with E-state index in [9.17, 15) is 0 Å². The van der Waals surface area contributed by atoms with Gasteiger partial charge in [0.2, 0.25) is 0 Å². The molecule has 0 rings (SSSR count). The van der Waals surface area contributed by atoms with Crippen LogP contribution in [0.5, 0.6) is 0 Å². The summed E-state index contributed by atoms with van der Waals surface area (Å²) in [6.45, 7) is 21.6. The molecule has 0 aromatic carbocycles. The highest BCUT2D eigenvalue weighted by Gasteiger charge is 2.48. The van der Waals surface area contributed by atoms with Crippen molar-refractivity contribution in [2.24, 2.45) is 22.2 Å². The fraction of sp³-hybridized carbons (Fsp3) is 1.00. The van der Waals surface area contributed by atoms with Gasteiger partial charge in [-0.05, 0) is 22.2 Å². The Balaban J connectivity index is 5.17. The summed E-state index contributed by atoms with van der Waals surface area (Å²) in [7, 11) is 0. The summed E-state index contributed by atoms with van der Waals surface area (Å²) < 4.78 is 0. The van der Waals surface area contributed by atoms with Crippen molar-refractivity contribution in [1.29, 1.82) is 0 Å². The van der Waals surface area contributed by atoms with Crippen LogP contribution in [0.3, 0.4) is 0 Å². The maximum Gasteiger partial charge on any atom is -0.0249 e. The highest BCUT2D eigenvalue weighted by atomic mass is 14.5. The fourth-order valence-corrected chi connectivity index (χ4v) is 2.44. The quantitative estimate of drug-likeness (QED) is 0.563. The van der Waals surface area contributed by atoms with Crippen LogP contribution in [-0.4, -0.2) is 0 Å². The molecule has 1 unspecified atom stereocenters. The lowest BCUT2D eigenvalue weighted by Gasteiger charge is -2.55. The third-order valence-corrected chi connectivity index (χ3v) is 6.03. The van der Waals surface area contributed by atoms with Gasteiger partial charge < -0.3 is 0 Å². The van der Waals surface area contributed by atoms with Crippen LogP contribution in [0.25, 0.3) is 0 Å². The Kier molecular flexibility index (Phi) is 4.47. The summed E-state index contributed by atoms with van der Waals surface area (Å²) in [6.07, 6.45) is 2.52. The summed E-state index contributed by atoms with van der Waals surface area (Å²) in [5, 5.41) is 0. The van der Waals surface area contributed by atoms with Gasteiger partial charge in [-0.1, -0.05) is 75.2 Å². The van der Waals surface area contributed by atoms with Crippen molar-refractivity contribution >= 4 is 0 Å². The molecule has 0 aliphatic heterocycles. The van der Waals surface area contributed by atoms with Crippen LogP contribution >= 0.6 is 0 Å². The molecule has 15 heavy (non-hydrogen) atoms. The second kappa shape index (κ2) is 4.47. The maximum absolute atomic E-state index is 2.45. The molecule has 0 amide bonds. The predicted molar refractivity (Wildman–Crippen MR) is 71.1 cm³/mol. The molecule has 0 N–H and O–H groups in total. The number of hydrogen-bond donors (Lipinski definition) is 0. The van der Waals surface area contributed by atoms with Gasteiger partial charge in [-0.2, -0.15) is 0 Å². The minimum absolute atomic E-state index is 0.365. The Morgan fingerprint density at radius 2 is 1.27 bits per heavy atom. The van der Waals surface area contributed by atoms with E-state index >= 15 is 0 Å². The molecule has 0 saturated carbocycles. The normalized spacial score (nSPS) is 16.6. The summed E-state index contributed by atoms with van der Waals surface area (Å²) >= 11 is 0. The van der Waals surface area contributed by atoms with Gasteiger partial charge in [-0.25, -0.2) is 0 Å². The summed E-state index contributed by atoms with van der Waals surface area (Å²) in [5.41, 5.74) is 1.16. The lowest BCUT2D eigenvalue weighted by molar-refractivity contribution is -0.0563. The zero-order valence-electron chi connectivity index (χ0n) is 12.5. The lowest BCUT2D eigenvalue weighted by Crippen LogP contribution is -2.47. The third-order valence-electron chi connectivity index (χ3n) is 6.03. The van der Waals surface area contributed by atoms with Gasteiger partial charge in [-0.3, -0.25) is 0 Å². The van der Waals surface area contributed by atoms with Crippen LogP contribution in [0, 0.1) is 22.2 Å². The third kappa shape index (κ3) is 2.40. The van der Waals surface area contributed by atoms with Gasteiger partial charge in [0, 0.05) is 0 Å². The first-order valence-corrected chi connectivity index (χ1v) is 6.54. The Morgan fingerprint density at radius 3 is 1.53 bits per heavy atom. The van der Waals surface area contributed by atoms with Crippen LogP contribution in [0.1, 0.15) is 75.2 Å². The predicted octanol–water partition coefficient (Wildman–Crippen LogP) is 5.52. The first-order chi connectivity index (χ1) is 6.54. The average molecular weight is 212 g/mol. The molecule has 1 atom stereocenters. The molecule has 0 nitrogen and oxygen atoms in total. The minimum Gasteiger partial charge on any atom is -0.0651 e. The maximum atomic E-state index is 2.45. The van der Waals surface area contributed by atoms with E-state index in [2.05, 4.69) is 62.3 Å². The summed E-state index contributed by atoms with van der Waals surface area (Å²) in [5.74, 6) is 0.776. The van der Waals surface area contributed by atoms with Crippen molar-refractivity contribution in [2.45, 2.75) is 75.2 Å². The molecule has 0 spiro atoms. The van der Waals surface area contributed by atoms with Crippen LogP contribution in [0.2, 0.25) is 0 Å². The van der Waals surface area contributed by atoms with Gasteiger partial charge in [0.25, 0.3) is 0 Å². The monoisotopic (exact) mass is 212 g/mol. The molecule has 92 valence electrons. The lowest BCUT2D eigenvalue weighted by atomic mass is 9.50. The SMILES string of the molecule is CCC(C)C(C)(C)C(C)(C)C(C)(C)CC. The standard InChI is InChI=1S/C15H32/c1-10-12(3)14(6,7)15(8,9)13(4,5)11-2/h12H,10-11H2,1-9H3. The van der Waals surface area contributed by atoms with Crippen LogP contribution in [0.4, 0.5) is 0 Å². The molecular formula is C15H32. The van der Waals surface area contributed by atoms with E-state index in [4.69, 9.17) is 0 Å². The molecule has 0 bridgehead atoms. The van der Waals surface area contributed by atoms with E-state index in [1.54, 1.807) is 0 Å². The van der Waals surface area contributed by atoms with Gasteiger partial charge >= 0.3 is 0 Å². The first kappa shape index (κ1) is 15.0. The largest absolute Gasteiger partial charge is 0.0651 e. The van der Waals surface area contributed by atoms with Gasteiger partial charge in [0.1, 0.15) is 0 Å². The highest BCUT2D eigenvalue weighted by Crippen LogP contribution is 2.56. The van der Waals surface area contributed by atoms with E-state index in [0.717, 1.165) is 5.92 Å². The van der Waals surface area contributed by atoms with Gasteiger partial charge in [0.15, 0.2) is 0 Å². The smallest absolute Gasteiger partial charge is 0.0249 e. The average Bonchev–Trinajstić information content (AvgIpc) is 2.15. The van der Waals surface area contributed by atoms with Gasteiger partial charge in [-0.15, -0.1) is 0 Å². The van der Waals surface area contributed by atoms with Crippen molar-refractivity contribution < 1.29 is 0 Å². The minimum atomic E-state index is 0.365. The fourth-order valence-electron chi connectivity index (χ4n) is 2.44. The molecule has 0 radical (unpaired) electrons. The van der Waals surface area contributed by atoms with Crippen LogP contribution < -0.4 is 0 Å². The van der Waals surface area contributed by atoms with E-state index < -0.39 is 0 Å². The topological polar surface area (TPSA) is 0 Å². The second-order valence-electron chi connectivity index (χ2n) is 6.89. The molecule has 0 aliphatic rings. The summed E-state index contributed by atoms with van der Waals surface area (Å²) in [4.78, 5) is 0. The second-order valence-corrected chi connectivity index (χ2v) is 6.89. The molecule has 0 aromatic rings. The Bertz CT molecular complexity index is 196. The molecule has 0 aliphatic carbocycles. The van der Waals surface area contributed by atoms with E-state index in [-0.39, 0.29) is 0 Å².